The molecule has 259 valence electrons. The van der Waals surface area contributed by atoms with Crippen molar-refractivity contribution in [1.29, 1.82) is 0 Å². The molecule has 1 radical (unpaired) electrons. The van der Waals surface area contributed by atoms with Crippen molar-refractivity contribution in [3.8, 4) is 11.3 Å². The number of thiophene rings is 1. The fraction of sp³-hybridized carbons (Fsp3) is 0.439. The summed E-state index contributed by atoms with van der Waals surface area (Å²) in [5, 5.41) is 14.9. The normalized spacial score (nSPS) is 12.5. The zero-order valence-electron chi connectivity index (χ0n) is 30.7. The minimum absolute atomic E-state index is 0. The maximum absolute atomic E-state index is 11.7. The number of rotatable bonds is 9. The van der Waals surface area contributed by atoms with Crippen LogP contribution in [0.5, 0.6) is 0 Å². The number of carbonyl (C=O) groups excluding carboxylic acids is 1. The van der Waals surface area contributed by atoms with Crippen LogP contribution in [0.4, 0.5) is 0 Å². The second-order valence-corrected chi connectivity index (χ2v) is 21.0. The first-order valence-electron chi connectivity index (χ1n) is 17.2. The number of aliphatic hydroxyl groups is 1. The van der Waals surface area contributed by atoms with Gasteiger partial charge in [0.2, 0.25) is 0 Å². The van der Waals surface area contributed by atoms with E-state index in [1.165, 1.54) is 37.9 Å². The van der Waals surface area contributed by atoms with Gasteiger partial charge in [0.05, 0.1) is 19.3 Å². The molecule has 0 bridgehead atoms. The van der Waals surface area contributed by atoms with E-state index in [0.29, 0.717) is 0 Å². The Bertz CT molecular complexity index is 1910. The Balaban J connectivity index is 0.000000334. The Kier molecular flexibility index (Phi) is 13.5. The van der Waals surface area contributed by atoms with E-state index in [1.54, 1.807) is 17.7 Å². The molecule has 0 fully saturated rings. The Labute approximate surface area is 306 Å². The number of hydrogen-bond donors (Lipinski definition) is 1. The van der Waals surface area contributed by atoms with Crippen LogP contribution in [-0.4, -0.2) is 28.9 Å². The smallest absolute Gasteiger partial charge is 0.162 e. The number of benzene rings is 3. The molecule has 0 aliphatic carbocycles. The van der Waals surface area contributed by atoms with Crippen molar-refractivity contribution in [2.24, 2.45) is 11.8 Å². The number of nitrogens with zero attached hydrogens (tertiary/aromatic N) is 2. The fourth-order valence-corrected chi connectivity index (χ4v) is 8.42. The van der Waals surface area contributed by atoms with E-state index >= 15 is 0 Å². The maximum Gasteiger partial charge on any atom is 0.162 e. The molecule has 2 aromatic heterocycles. The average Bonchev–Trinajstić information content (AvgIpc) is 3.40. The summed E-state index contributed by atoms with van der Waals surface area (Å²) in [4.78, 5) is 21.1. The van der Waals surface area contributed by atoms with Gasteiger partial charge in [-0.15, -0.1) is 40.5 Å². The molecular formula is C41H53IrN2O2SSi-. The summed E-state index contributed by atoms with van der Waals surface area (Å²) in [5.41, 5.74) is 5.81. The van der Waals surface area contributed by atoms with E-state index in [4.69, 9.17) is 4.98 Å². The maximum atomic E-state index is 11.7. The summed E-state index contributed by atoms with van der Waals surface area (Å²) in [6, 6.07) is 19.6. The van der Waals surface area contributed by atoms with Crippen molar-refractivity contribution in [2.75, 3.05) is 0 Å². The first kappa shape index (κ1) is 39.7. The fourth-order valence-electron chi connectivity index (χ4n) is 6.06. The summed E-state index contributed by atoms with van der Waals surface area (Å²) in [6.07, 6.45) is 6.60. The number of fused-ring (bicyclic) bond motifs is 4. The van der Waals surface area contributed by atoms with E-state index in [9.17, 15) is 9.90 Å². The Morgan fingerprint density at radius 3 is 2.15 bits per heavy atom. The van der Waals surface area contributed by atoms with Crippen LogP contribution < -0.4 is 5.19 Å². The molecule has 0 unspecified atom stereocenters. The van der Waals surface area contributed by atoms with Gasteiger partial charge in [-0.3, -0.25) is 9.78 Å². The third-order valence-corrected chi connectivity index (χ3v) is 12.6. The Morgan fingerprint density at radius 1 is 0.917 bits per heavy atom. The van der Waals surface area contributed by atoms with Crippen LogP contribution in [0.25, 0.3) is 42.3 Å². The van der Waals surface area contributed by atoms with Gasteiger partial charge < -0.3 is 5.11 Å². The number of carbonyl (C=O) groups is 1. The molecule has 0 spiro atoms. The molecule has 0 amide bonds. The van der Waals surface area contributed by atoms with Crippen LogP contribution in [0.1, 0.15) is 85.3 Å². The van der Waals surface area contributed by atoms with Gasteiger partial charge in [0, 0.05) is 58.5 Å². The number of ketones is 1. The number of allylic oxidation sites excluding steroid dienone is 2. The van der Waals surface area contributed by atoms with Crippen LogP contribution in [0.15, 0.2) is 60.6 Å². The summed E-state index contributed by atoms with van der Waals surface area (Å²) < 4.78 is 2.41. The third kappa shape index (κ3) is 8.90. The van der Waals surface area contributed by atoms with Gasteiger partial charge in [0.25, 0.3) is 0 Å². The van der Waals surface area contributed by atoms with E-state index in [0.717, 1.165) is 52.5 Å². The van der Waals surface area contributed by atoms with E-state index < -0.39 is 8.07 Å². The minimum atomic E-state index is -1.36. The molecule has 2 heterocycles. The van der Waals surface area contributed by atoms with Gasteiger partial charge in [-0.2, -0.15) is 0 Å². The van der Waals surface area contributed by atoms with Crippen LogP contribution >= 0.6 is 11.3 Å². The van der Waals surface area contributed by atoms with Crippen molar-refractivity contribution in [3.63, 3.8) is 0 Å². The van der Waals surface area contributed by atoms with Gasteiger partial charge in [-0.05, 0) is 42.7 Å². The molecule has 0 atom stereocenters. The molecule has 3 aromatic carbocycles. The van der Waals surface area contributed by atoms with Crippen LogP contribution in [0, 0.1) is 24.8 Å². The van der Waals surface area contributed by atoms with Crippen molar-refractivity contribution < 1.29 is 30.0 Å². The number of aromatic nitrogens is 2. The van der Waals surface area contributed by atoms with Gasteiger partial charge in [0.1, 0.15) is 6.33 Å². The second kappa shape index (κ2) is 16.3. The number of aryl methyl sites for hydroxylation is 1. The zero-order valence-corrected chi connectivity index (χ0v) is 34.9. The van der Waals surface area contributed by atoms with E-state index in [-0.39, 0.29) is 48.9 Å². The van der Waals surface area contributed by atoms with E-state index in [1.807, 2.05) is 27.7 Å². The quantitative estimate of drug-likeness (QED) is 0.0694. The molecule has 5 rings (SSSR count). The first-order valence-corrected chi connectivity index (χ1v) is 21.5. The predicted octanol–water partition coefficient (Wildman–Crippen LogP) is 11.5. The van der Waals surface area contributed by atoms with Gasteiger partial charge in [0.15, 0.2) is 5.78 Å². The molecule has 4 nitrogen and oxygen atoms in total. The van der Waals surface area contributed by atoms with Crippen molar-refractivity contribution in [1.82, 2.24) is 9.97 Å². The topological polar surface area (TPSA) is 63.1 Å². The van der Waals surface area contributed by atoms with Crippen LogP contribution in [-0.2, 0) is 30.3 Å². The van der Waals surface area contributed by atoms with E-state index in [2.05, 4.69) is 101 Å². The van der Waals surface area contributed by atoms with Crippen molar-refractivity contribution in [2.45, 2.75) is 106 Å². The van der Waals surface area contributed by atoms with Gasteiger partial charge >= 0.3 is 0 Å². The van der Waals surface area contributed by atoms with Gasteiger partial charge in [-0.25, -0.2) is 4.98 Å². The SMILES string of the molecule is CCC(CC)C(=O)/C=C(\O)C(CC)CC.Cc1cc(-c2ncnc3c2sc2cc(C(C)(C)C)ccc23)[c-]c2ccc([Si](C)(C)C)cc12.[Ir]. The van der Waals surface area contributed by atoms with Gasteiger partial charge in [-0.1, -0.05) is 115 Å². The Hall–Kier alpha value is -2.70. The number of hydrogen-bond acceptors (Lipinski definition) is 5. The second-order valence-electron chi connectivity index (χ2n) is 14.8. The average molecular weight is 858 g/mol. The van der Waals surface area contributed by atoms with Crippen LogP contribution in [0.2, 0.25) is 19.6 Å². The molecular weight excluding hydrogens is 805 g/mol. The third-order valence-electron chi connectivity index (χ3n) is 9.40. The molecule has 0 saturated carbocycles. The first-order chi connectivity index (χ1) is 22.1. The molecule has 5 aromatic rings. The van der Waals surface area contributed by atoms with Crippen molar-refractivity contribution >= 4 is 61.5 Å². The minimum Gasteiger partial charge on any atom is -0.512 e. The molecule has 0 aliphatic heterocycles. The molecule has 48 heavy (non-hydrogen) atoms. The molecule has 7 heteroatoms. The monoisotopic (exact) mass is 858 g/mol. The molecule has 0 aliphatic rings. The summed E-state index contributed by atoms with van der Waals surface area (Å²) in [6.45, 7) is 24.2. The molecule has 1 N–H and O–H groups in total. The zero-order chi connectivity index (χ0) is 34.7. The van der Waals surface area contributed by atoms with Crippen molar-refractivity contribution in [3.05, 3.63) is 77.8 Å². The summed E-state index contributed by atoms with van der Waals surface area (Å²) in [7, 11) is -1.36. The standard InChI is InChI=1S/C28H29N2SSi.C13H24O2.Ir/c1-17-12-19(13-18-8-10-21(15-23(17)18)32(5,6)7)25-27-26(30-16-29-25)22-11-9-20(28(2,3)4)14-24(22)31-27;1-5-10(6-2)12(14)9-13(15)11(7-3)8-4;/h8-12,14-16H,1-7H3;9-11,14H,5-8H2,1-4H3;/q-1;;/b;12-9-;. The summed E-state index contributed by atoms with van der Waals surface area (Å²) in [5.74, 6) is 0.547. The number of aliphatic hydroxyl groups excluding tert-OH is 1. The predicted molar refractivity (Wildman–Crippen MR) is 207 cm³/mol. The van der Waals surface area contributed by atoms with Crippen LogP contribution in [0.3, 0.4) is 0 Å². The Morgan fingerprint density at radius 2 is 1.56 bits per heavy atom. The summed E-state index contributed by atoms with van der Waals surface area (Å²) >= 11 is 1.79. The molecule has 0 saturated heterocycles. The largest absolute Gasteiger partial charge is 0.512 e.